The van der Waals surface area contributed by atoms with Gasteiger partial charge in [-0.25, -0.2) is 0 Å². The van der Waals surface area contributed by atoms with Gasteiger partial charge in [-0.2, -0.15) is 0 Å². The van der Waals surface area contributed by atoms with Crippen LogP contribution in [-0.2, 0) is 4.79 Å². The second-order valence-corrected chi connectivity index (χ2v) is 6.29. The maximum Gasteiger partial charge on any atom is 0.271 e. The van der Waals surface area contributed by atoms with E-state index in [4.69, 9.17) is 0 Å². The van der Waals surface area contributed by atoms with Crippen LogP contribution in [0.5, 0.6) is 0 Å². The van der Waals surface area contributed by atoms with Gasteiger partial charge < -0.3 is 10.4 Å². The molecule has 0 unspecified atom stereocenters. The van der Waals surface area contributed by atoms with Crippen LogP contribution in [0.3, 0.4) is 0 Å². The number of non-ortho nitro benzene ring substituents is 1. The summed E-state index contributed by atoms with van der Waals surface area (Å²) in [6, 6.07) is 4.75. The monoisotopic (exact) mass is 335 g/mol. The van der Waals surface area contributed by atoms with Crippen molar-refractivity contribution in [2.75, 3.05) is 25.0 Å². The summed E-state index contributed by atoms with van der Waals surface area (Å²) in [5.41, 5.74) is 1.19. The number of hydrogen-bond donors (Lipinski definition) is 2. The van der Waals surface area contributed by atoms with Gasteiger partial charge in [0.2, 0.25) is 5.91 Å². The zero-order valence-electron chi connectivity index (χ0n) is 14.0. The van der Waals surface area contributed by atoms with Crippen LogP contribution < -0.4 is 5.32 Å². The van der Waals surface area contributed by atoms with E-state index in [0.29, 0.717) is 18.3 Å². The standard InChI is InChI=1S/C17H25N3O4/c1-13-7-8-15(20(23)24)11-16(13)18-17(22)12-19(9-10-21)14-5-3-2-4-6-14/h7-8,11,14,21H,2-6,9-10,12H2,1H3,(H,18,22). The van der Waals surface area contributed by atoms with Crippen LogP contribution >= 0.6 is 0 Å². The third kappa shape index (κ3) is 5.01. The molecule has 1 fully saturated rings. The third-order valence-corrected chi connectivity index (χ3v) is 4.53. The lowest BCUT2D eigenvalue weighted by Gasteiger charge is -2.33. The number of carbonyl (C=O) groups is 1. The predicted octanol–water partition coefficient (Wildman–Crippen LogP) is 2.47. The average molecular weight is 335 g/mol. The summed E-state index contributed by atoms with van der Waals surface area (Å²) >= 11 is 0. The highest BCUT2D eigenvalue weighted by Crippen LogP contribution is 2.24. The second kappa shape index (κ2) is 8.75. The lowest BCUT2D eigenvalue weighted by Crippen LogP contribution is -2.43. The molecule has 7 heteroatoms. The Hall–Kier alpha value is -1.99. The summed E-state index contributed by atoms with van der Waals surface area (Å²) in [6.07, 6.45) is 5.62. The number of aliphatic hydroxyl groups is 1. The van der Waals surface area contributed by atoms with Gasteiger partial charge in [0.25, 0.3) is 5.69 Å². The molecule has 1 aliphatic carbocycles. The van der Waals surface area contributed by atoms with Gasteiger partial charge in [-0.05, 0) is 25.3 Å². The minimum atomic E-state index is -0.477. The predicted molar refractivity (Wildman–Crippen MR) is 92.0 cm³/mol. The zero-order chi connectivity index (χ0) is 17.5. The van der Waals surface area contributed by atoms with Gasteiger partial charge in [0, 0.05) is 24.7 Å². The van der Waals surface area contributed by atoms with Crippen molar-refractivity contribution in [2.24, 2.45) is 0 Å². The number of nitro benzene ring substituents is 1. The summed E-state index contributed by atoms with van der Waals surface area (Å²) in [5.74, 6) is -0.211. The number of hydrogen-bond acceptors (Lipinski definition) is 5. The minimum Gasteiger partial charge on any atom is -0.395 e. The molecule has 0 heterocycles. The van der Waals surface area contributed by atoms with Crippen molar-refractivity contribution < 1.29 is 14.8 Å². The Kier molecular flexibility index (Phi) is 6.69. The molecule has 132 valence electrons. The van der Waals surface area contributed by atoms with E-state index in [9.17, 15) is 20.0 Å². The van der Waals surface area contributed by atoms with Crippen LogP contribution in [-0.4, -0.2) is 46.6 Å². The first-order valence-corrected chi connectivity index (χ1v) is 8.41. The van der Waals surface area contributed by atoms with Crippen molar-refractivity contribution in [3.8, 4) is 0 Å². The largest absolute Gasteiger partial charge is 0.395 e. The highest BCUT2D eigenvalue weighted by atomic mass is 16.6. The number of benzene rings is 1. The first-order valence-electron chi connectivity index (χ1n) is 8.41. The second-order valence-electron chi connectivity index (χ2n) is 6.29. The van der Waals surface area contributed by atoms with Gasteiger partial charge in [0.05, 0.1) is 23.8 Å². The van der Waals surface area contributed by atoms with E-state index in [1.54, 1.807) is 13.0 Å². The Morgan fingerprint density at radius 2 is 2.08 bits per heavy atom. The molecule has 0 radical (unpaired) electrons. The van der Waals surface area contributed by atoms with Gasteiger partial charge in [-0.3, -0.25) is 19.8 Å². The smallest absolute Gasteiger partial charge is 0.271 e. The summed E-state index contributed by atoms with van der Waals surface area (Å²) in [6.45, 7) is 2.46. The fourth-order valence-corrected chi connectivity index (χ4v) is 3.20. The van der Waals surface area contributed by atoms with Gasteiger partial charge in [0.1, 0.15) is 0 Å². The van der Waals surface area contributed by atoms with Crippen molar-refractivity contribution in [3.63, 3.8) is 0 Å². The van der Waals surface area contributed by atoms with Gasteiger partial charge >= 0.3 is 0 Å². The van der Waals surface area contributed by atoms with E-state index in [0.717, 1.165) is 31.2 Å². The van der Waals surface area contributed by atoms with Crippen LogP contribution in [0.1, 0.15) is 37.7 Å². The molecule has 7 nitrogen and oxygen atoms in total. The van der Waals surface area contributed by atoms with Crippen molar-refractivity contribution in [1.82, 2.24) is 4.90 Å². The van der Waals surface area contributed by atoms with Crippen LogP contribution in [0.25, 0.3) is 0 Å². The average Bonchev–Trinajstić information content (AvgIpc) is 2.57. The number of nitrogens with one attached hydrogen (secondary N) is 1. The fourth-order valence-electron chi connectivity index (χ4n) is 3.20. The molecule has 0 aliphatic heterocycles. The van der Waals surface area contributed by atoms with E-state index in [-0.39, 0.29) is 24.7 Å². The first kappa shape index (κ1) is 18.4. The van der Waals surface area contributed by atoms with Crippen LogP contribution in [0, 0.1) is 17.0 Å². The van der Waals surface area contributed by atoms with Crippen LogP contribution in [0.15, 0.2) is 18.2 Å². The van der Waals surface area contributed by atoms with Gasteiger partial charge in [0.15, 0.2) is 0 Å². The van der Waals surface area contributed by atoms with Crippen molar-refractivity contribution in [1.29, 1.82) is 0 Å². The van der Waals surface area contributed by atoms with Gasteiger partial charge in [-0.15, -0.1) is 0 Å². The number of carbonyl (C=O) groups excluding carboxylic acids is 1. The fraction of sp³-hybridized carbons (Fsp3) is 0.588. The number of aryl methyl sites for hydroxylation is 1. The molecular weight excluding hydrogens is 310 g/mol. The number of amides is 1. The molecule has 0 atom stereocenters. The van der Waals surface area contributed by atoms with E-state index < -0.39 is 4.92 Å². The highest BCUT2D eigenvalue weighted by Gasteiger charge is 2.23. The maximum atomic E-state index is 12.4. The lowest BCUT2D eigenvalue weighted by atomic mass is 9.94. The molecule has 2 N–H and O–H groups in total. The molecule has 1 amide bonds. The molecule has 1 aromatic carbocycles. The summed E-state index contributed by atoms with van der Waals surface area (Å²) in [5, 5.41) is 22.9. The van der Waals surface area contributed by atoms with E-state index in [2.05, 4.69) is 5.32 Å². The molecule has 1 aliphatic rings. The Bertz CT molecular complexity index is 585. The molecule has 1 saturated carbocycles. The summed E-state index contributed by atoms with van der Waals surface area (Å²) < 4.78 is 0. The van der Waals surface area contributed by atoms with E-state index in [1.807, 2.05) is 4.90 Å². The molecule has 0 spiro atoms. The van der Waals surface area contributed by atoms with Crippen molar-refractivity contribution in [2.45, 2.75) is 45.1 Å². The third-order valence-electron chi connectivity index (χ3n) is 4.53. The first-order chi connectivity index (χ1) is 11.5. The molecule has 1 aromatic rings. The quantitative estimate of drug-likeness (QED) is 0.589. The normalized spacial score (nSPS) is 15.5. The topological polar surface area (TPSA) is 95.7 Å². The Balaban J connectivity index is 2.02. The van der Waals surface area contributed by atoms with Crippen molar-refractivity contribution in [3.05, 3.63) is 33.9 Å². The number of aliphatic hydroxyl groups excluding tert-OH is 1. The molecule has 24 heavy (non-hydrogen) atoms. The zero-order valence-corrected chi connectivity index (χ0v) is 14.0. The Labute approximate surface area is 141 Å². The number of nitrogens with zero attached hydrogens (tertiary/aromatic N) is 2. The molecule has 0 saturated heterocycles. The maximum absolute atomic E-state index is 12.4. The molecule has 0 bridgehead atoms. The number of nitro groups is 1. The van der Waals surface area contributed by atoms with Crippen LogP contribution in [0.4, 0.5) is 11.4 Å². The van der Waals surface area contributed by atoms with E-state index >= 15 is 0 Å². The Morgan fingerprint density at radius 1 is 1.38 bits per heavy atom. The van der Waals surface area contributed by atoms with Gasteiger partial charge in [-0.1, -0.05) is 25.3 Å². The minimum absolute atomic E-state index is 0.0135. The van der Waals surface area contributed by atoms with Crippen LogP contribution in [0.2, 0.25) is 0 Å². The molecule has 0 aromatic heterocycles. The lowest BCUT2D eigenvalue weighted by molar-refractivity contribution is -0.384. The van der Waals surface area contributed by atoms with Crippen molar-refractivity contribution >= 4 is 17.3 Å². The Morgan fingerprint density at radius 3 is 2.71 bits per heavy atom. The SMILES string of the molecule is Cc1ccc([N+](=O)[O-])cc1NC(=O)CN(CCO)C1CCCCC1. The number of rotatable bonds is 7. The molecule has 2 rings (SSSR count). The molecular formula is C17H25N3O4. The summed E-state index contributed by atoms with van der Waals surface area (Å²) in [7, 11) is 0. The number of anilines is 1. The highest BCUT2D eigenvalue weighted by molar-refractivity contribution is 5.93. The van der Waals surface area contributed by atoms with E-state index in [1.165, 1.54) is 18.6 Å². The summed E-state index contributed by atoms with van der Waals surface area (Å²) in [4.78, 5) is 24.8.